The lowest BCUT2D eigenvalue weighted by atomic mass is 10.2. The number of nitrogens with one attached hydrogen (secondary N) is 2. The molecule has 1 aromatic rings. The number of urea groups is 1. The van der Waals surface area contributed by atoms with Crippen LogP contribution in [-0.2, 0) is 4.79 Å². The Balaban J connectivity index is 1.78. The molecule has 2 N–H and O–H groups in total. The van der Waals surface area contributed by atoms with Gasteiger partial charge in [0, 0.05) is 36.1 Å². The summed E-state index contributed by atoms with van der Waals surface area (Å²) in [5.74, 6) is 0.171. The molecule has 0 spiro atoms. The Bertz CT molecular complexity index is 543. The van der Waals surface area contributed by atoms with Crippen LogP contribution in [0.4, 0.5) is 4.79 Å². The molecule has 1 fully saturated rings. The van der Waals surface area contributed by atoms with Crippen molar-refractivity contribution in [3.8, 4) is 0 Å². The normalized spacial score (nSPS) is 19.6. The van der Waals surface area contributed by atoms with E-state index in [0.717, 1.165) is 10.7 Å². The van der Waals surface area contributed by atoms with E-state index in [0.29, 0.717) is 19.5 Å². The van der Waals surface area contributed by atoms with Crippen LogP contribution in [0, 0.1) is 6.92 Å². The monoisotopic (exact) mass is 324 g/mol. The molecule has 2 heterocycles. The van der Waals surface area contributed by atoms with Gasteiger partial charge >= 0.3 is 6.03 Å². The summed E-state index contributed by atoms with van der Waals surface area (Å²) in [5.41, 5.74) is 1.00. The van der Waals surface area contributed by atoms with E-state index >= 15 is 0 Å². The highest BCUT2D eigenvalue weighted by molar-refractivity contribution is 7.09. The number of rotatable bonds is 5. The standard InChI is InChI=1S/C15H24N4O2S/c1-9(2)19-6-5-12(14(19)20)18-15(21)16-7-10(3)13-17-11(4)8-22-13/h8-10,12H,5-7H2,1-4H3,(H2,16,18,21)/t10-,12-/m1/s1. The molecule has 0 radical (unpaired) electrons. The second kappa shape index (κ2) is 7.09. The van der Waals surface area contributed by atoms with Gasteiger partial charge in [0.1, 0.15) is 6.04 Å². The second-order valence-electron chi connectivity index (χ2n) is 6.05. The molecule has 7 heteroatoms. The summed E-state index contributed by atoms with van der Waals surface area (Å²) in [5, 5.41) is 8.61. The summed E-state index contributed by atoms with van der Waals surface area (Å²) in [7, 11) is 0. The highest BCUT2D eigenvalue weighted by Crippen LogP contribution is 2.19. The van der Waals surface area contributed by atoms with Crippen LogP contribution in [0.3, 0.4) is 0 Å². The van der Waals surface area contributed by atoms with Gasteiger partial charge in [-0.1, -0.05) is 6.92 Å². The SMILES string of the molecule is Cc1csc([C@H](C)CNC(=O)N[C@@H]2CCN(C(C)C)C2=O)n1. The summed E-state index contributed by atoms with van der Waals surface area (Å²) < 4.78 is 0. The number of carbonyl (C=O) groups is 2. The van der Waals surface area contributed by atoms with E-state index in [1.165, 1.54) is 0 Å². The summed E-state index contributed by atoms with van der Waals surface area (Å²) >= 11 is 1.60. The van der Waals surface area contributed by atoms with Crippen LogP contribution in [0.25, 0.3) is 0 Å². The predicted molar refractivity (Wildman–Crippen MR) is 87.1 cm³/mol. The van der Waals surface area contributed by atoms with Gasteiger partial charge in [-0.3, -0.25) is 4.79 Å². The fourth-order valence-electron chi connectivity index (χ4n) is 2.49. The van der Waals surface area contributed by atoms with Crippen LogP contribution in [0.1, 0.15) is 43.8 Å². The highest BCUT2D eigenvalue weighted by Gasteiger charge is 2.33. The predicted octanol–water partition coefficient (Wildman–Crippen LogP) is 1.86. The third-order valence-electron chi connectivity index (χ3n) is 3.80. The molecule has 2 atom stereocenters. The Kier molecular flexibility index (Phi) is 5.39. The Morgan fingerprint density at radius 1 is 1.50 bits per heavy atom. The molecule has 1 saturated heterocycles. The quantitative estimate of drug-likeness (QED) is 0.868. The van der Waals surface area contributed by atoms with Crippen LogP contribution >= 0.6 is 11.3 Å². The Morgan fingerprint density at radius 3 is 2.77 bits per heavy atom. The second-order valence-corrected chi connectivity index (χ2v) is 6.94. The number of amides is 3. The number of hydrogen-bond donors (Lipinski definition) is 2. The molecule has 22 heavy (non-hydrogen) atoms. The van der Waals surface area contributed by atoms with Crippen LogP contribution < -0.4 is 10.6 Å². The van der Waals surface area contributed by atoms with E-state index in [1.807, 2.05) is 33.1 Å². The Morgan fingerprint density at radius 2 is 2.23 bits per heavy atom. The third-order valence-corrected chi connectivity index (χ3v) is 4.99. The molecular weight excluding hydrogens is 300 g/mol. The van der Waals surface area contributed by atoms with Crippen LogP contribution in [-0.4, -0.2) is 47.0 Å². The minimum Gasteiger partial charge on any atom is -0.338 e. The zero-order valence-corrected chi connectivity index (χ0v) is 14.4. The molecule has 1 aromatic heterocycles. The molecule has 0 saturated carbocycles. The van der Waals surface area contributed by atoms with Gasteiger partial charge in [-0.15, -0.1) is 11.3 Å². The first-order valence-electron chi connectivity index (χ1n) is 7.65. The van der Waals surface area contributed by atoms with Crippen molar-refractivity contribution < 1.29 is 9.59 Å². The molecule has 0 bridgehead atoms. The topological polar surface area (TPSA) is 74.3 Å². The Hall–Kier alpha value is -1.63. The number of aromatic nitrogens is 1. The first-order chi connectivity index (χ1) is 10.4. The molecule has 1 aliphatic rings. The maximum absolute atomic E-state index is 12.1. The molecule has 0 aromatic carbocycles. The first-order valence-corrected chi connectivity index (χ1v) is 8.53. The van der Waals surface area contributed by atoms with Gasteiger partial charge in [0.2, 0.25) is 5.91 Å². The van der Waals surface area contributed by atoms with Crippen LogP contribution in [0.15, 0.2) is 5.38 Å². The van der Waals surface area contributed by atoms with E-state index in [4.69, 9.17) is 0 Å². The summed E-state index contributed by atoms with van der Waals surface area (Å²) in [6, 6.07) is -0.514. The third kappa shape index (κ3) is 3.97. The van der Waals surface area contributed by atoms with E-state index in [9.17, 15) is 9.59 Å². The van der Waals surface area contributed by atoms with Crippen molar-refractivity contribution in [1.82, 2.24) is 20.5 Å². The van der Waals surface area contributed by atoms with Crippen molar-refractivity contribution >= 4 is 23.3 Å². The largest absolute Gasteiger partial charge is 0.338 e. The fraction of sp³-hybridized carbons (Fsp3) is 0.667. The van der Waals surface area contributed by atoms with E-state index in [1.54, 1.807) is 16.2 Å². The van der Waals surface area contributed by atoms with E-state index in [2.05, 4.69) is 15.6 Å². The van der Waals surface area contributed by atoms with Gasteiger partial charge < -0.3 is 15.5 Å². The van der Waals surface area contributed by atoms with Crippen LogP contribution in [0.5, 0.6) is 0 Å². The summed E-state index contributed by atoms with van der Waals surface area (Å²) in [6.45, 7) is 9.17. The van der Waals surface area contributed by atoms with Gasteiger partial charge in [-0.25, -0.2) is 9.78 Å². The molecule has 2 rings (SSSR count). The lowest BCUT2D eigenvalue weighted by molar-refractivity contribution is -0.130. The number of nitrogens with zero attached hydrogens (tertiary/aromatic N) is 2. The highest BCUT2D eigenvalue weighted by atomic mass is 32.1. The molecule has 3 amide bonds. The molecular formula is C15H24N4O2S. The number of thiazole rings is 1. The molecule has 0 unspecified atom stereocenters. The fourth-order valence-corrected chi connectivity index (χ4v) is 3.35. The molecule has 122 valence electrons. The minimum absolute atomic E-state index is 0.00810. The number of likely N-dealkylation sites (tertiary alicyclic amines) is 1. The van der Waals surface area contributed by atoms with Gasteiger partial charge in [0.15, 0.2) is 0 Å². The number of carbonyl (C=O) groups excluding carboxylic acids is 2. The number of hydrogen-bond acceptors (Lipinski definition) is 4. The molecule has 0 aliphatic carbocycles. The van der Waals surface area contributed by atoms with Crippen molar-refractivity contribution in [3.05, 3.63) is 16.1 Å². The van der Waals surface area contributed by atoms with E-state index in [-0.39, 0.29) is 23.9 Å². The van der Waals surface area contributed by atoms with Crippen molar-refractivity contribution in [2.24, 2.45) is 0 Å². The maximum Gasteiger partial charge on any atom is 0.315 e. The average molecular weight is 324 g/mol. The van der Waals surface area contributed by atoms with E-state index < -0.39 is 6.04 Å². The first kappa shape index (κ1) is 16.7. The van der Waals surface area contributed by atoms with Crippen molar-refractivity contribution in [3.63, 3.8) is 0 Å². The minimum atomic E-state index is -0.403. The molecule has 1 aliphatic heterocycles. The average Bonchev–Trinajstić information content (AvgIpc) is 3.03. The van der Waals surface area contributed by atoms with Crippen molar-refractivity contribution in [2.75, 3.05) is 13.1 Å². The lowest BCUT2D eigenvalue weighted by Gasteiger charge is -2.21. The summed E-state index contributed by atoms with van der Waals surface area (Å²) in [4.78, 5) is 30.3. The number of aryl methyl sites for hydroxylation is 1. The zero-order valence-electron chi connectivity index (χ0n) is 13.5. The van der Waals surface area contributed by atoms with Crippen molar-refractivity contribution in [1.29, 1.82) is 0 Å². The van der Waals surface area contributed by atoms with Crippen LogP contribution in [0.2, 0.25) is 0 Å². The van der Waals surface area contributed by atoms with Gasteiger partial charge in [0.25, 0.3) is 0 Å². The molecule has 6 nitrogen and oxygen atoms in total. The smallest absolute Gasteiger partial charge is 0.315 e. The van der Waals surface area contributed by atoms with Crippen molar-refractivity contribution in [2.45, 2.75) is 52.1 Å². The van der Waals surface area contributed by atoms with Gasteiger partial charge in [-0.05, 0) is 27.2 Å². The van der Waals surface area contributed by atoms with Gasteiger partial charge in [0.05, 0.1) is 5.01 Å². The van der Waals surface area contributed by atoms with Gasteiger partial charge in [-0.2, -0.15) is 0 Å². The zero-order chi connectivity index (χ0) is 16.3. The summed E-state index contributed by atoms with van der Waals surface area (Å²) in [6.07, 6.45) is 0.672. The maximum atomic E-state index is 12.1. The lowest BCUT2D eigenvalue weighted by Crippen LogP contribution is -2.47. The Labute approximate surface area is 135 Å².